The van der Waals surface area contributed by atoms with Gasteiger partial charge in [-0.15, -0.1) is 17.9 Å². The summed E-state index contributed by atoms with van der Waals surface area (Å²) in [5.74, 6) is 1.55. The number of aryl methyl sites for hydroxylation is 2. The van der Waals surface area contributed by atoms with Gasteiger partial charge in [-0.3, -0.25) is 4.79 Å². The molecule has 1 aliphatic carbocycles. The van der Waals surface area contributed by atoms with Gasteiger partial charge in [-0.2, -0.15) is 0 Å². The van der Waals surface area contributed by atoms with Gasteiger partial charge in [0.15, 0.2) is 0 Å². The van der Waals surface area contributed by atoms with Crippen molar-refractivity contribution in [2.75, 3.05) is 30.3 Å². The molecule has 8 heteroatoms. The summed E-state index contributed by atoms with van der Waals surface area (Å²) >= 11 is 1.37. The maximum Gasteiger partial charge on any atom is 0.263 e. The Bertz CT molecular complexity index is 1340. The Kier molecular flexibility index (Phi) is 5.76. The number of aromatic nitrogens is 2. The molecular weight excluding hydrogens is 468 g/mol. The van der Waals surface area contributed by atoms with E-state index in [-0.39, 0.29) is 17.4 Å². The lowest BCUT2D eigenvalue weighted by molar-refractivity contribution is 0.0938. The Labute approximate surface area is 216 Å². The van der Waals surface area contributed by atoms with Crippen LogP contribution in [0.2, 0.25) is 0 Å². The first-order valence-electron chi connectivity index (χ1n) is 12.9. The average molecular weight is 503 g/mol. The lowest BCUT2D eigenvalue weighted by atomic mass is 9.65. The lowest BCUT2D eigenvalue weighted by Crippen LogP contribution is -2.64. The normalized spacial score (nSPS) is 27.5. The maximum atomic E-state index is 13.1. The lowest BCUT2D eigenvalue weighted by Gasteiger charge is -2.53. The zero-order valence-corrected chi connectivity index (χ0v) is 21.8. The van der Waals surface area contributed by atoms with Crippen LogP contribution < -0.4 is 21.3 Å². The van der Waals surface area contributed by atoms with Gasteiger partial charge in [0.25, 0.3) is 5.91 Å². The molecule has 1 amide bonds. The molecule has 188 valence electrons. The van der Waals surface area contributed by atoms with Crippen LogP contribution in [-0.4, -0.2) is 47.6 Å². The zero-order valence-electron chi connectivity index (χ0n) is 21.0. The fourth-order valence-electron chi connectivity index (χ4n) is 6.26. The molecule has 0 radical (unpaired) electrons. The molecule has 2 bridgehead atoms. The second-order valence-electron chi connectivity index (χ2n) is 10.8. The number of pyridine rings is 2. The summed E-state index contributed by atoms with van der Waals surface area (Å²) in [6.07, 6.45) is 5.85. The van der Waals surface area contributed by atoms with E-state index >= 15 is 0 Å². The predicted octanol–water partition coefficient (Wildman–Crippen LogP) is 3.86. The number of thiophene rings is 1. The Morgan fingerprint density at radius 2 is 2.14 bits per heavy atom. The van der Waals surface area contributed by atoms with E-state index in [4.69, 9.17) is 10.7 Å². The van der Waals surface area contributed by atoms with E-state index in [0.717, 1.165) is 66.3 Å². The van der Waals surface area contributed by atoms with Crippen LogP contribution >= 0.6 is 11.3 Å². The topological polar surface area (TPSA) is 96.2 Å². The summed E-state index contributed by atoms with van der Waals surface area (Å²) in [4.78, 5) is 26.5. The van der Waals surface area contributed by atoms with Crippen molar-refractivity contribution < 1.29 is 4.79 Å². The number of piperidine rings is 2. The van der Waals surface area contributed by atoms with Crippen LogP contribution in [0.15, 0.2) is 36.9 Å². The third-order valence-electron chi connectivity index (χ3n) is 8.65. The number of anilines is 2. The molecule has 4 N–H and O–H groups in total. The van der Waals surface area contributed by atoms with Crippen molar-refractivity contribution in [3.8, 4) is 0 Å². The maximum absolute atomic E-state index is 13.1. The van der Waals surface area contributed by atoms with E-state index < -0.39 is 0 Å². The van der Waals surface area contributed by atoms with Gasteiger partial charge in [-0.05, 0) is 68.8 Å². The third-order valence-corrected chi connectivity index (χ3v) is 9.76. The minimum Gasteiger partial charge on any atom is -0.397 e. The van der Waals surface area contributed by atoms with Gasteiger partial charge in [-0.25, -0.2) is 9.97 Å². The van der Waals surface area contributed by atoms with Crippen LogP contribution in [-0.2, 0) is 12.8 Å². The van der Waals surface area contributed by atoms with Gasteiger partial charge >= 0.3 is 0 Å². The first-order valence-corrected chi connectivity index (χ1v) is 13.7. The van der Waals surface area contributed by atoms with Gasteiger partial charge in [-0.1, -0.05) is 19.1 Å². The molecule has 1 unspecified atom stereocenters. The SMILES string of the molecule is C=C[C@]1(C)C2CCN[C@H]1CN(c1ccc3c(n1)CC[C@H](NC(=O)c1sc4nc(C)ccc4c1N)C3)C2. The third kappa shape index (κ3) is 3.87. The first-order chi connectivity index (χ1) is 17.4. The van der Waals surface area contributed by atoms with Gasteiger partial charge < -0.3 is 21.3 Å². The molecule has 6 rings (SSSR count). The number of nitrogens with one attached hydrogen (secondary N) is 2. The Hall–Kier alpha value is -2.97. The molecule has 4 atom stereocenters. The van der Waals surface area contributed by atoms with Crippen molar-refractivity contribution in [2.24, 2.45) is 11.3 Å². The summed E-state index contributed by atoms with van der Waals surface area (Å²) in [7, 11) is 0. The van der Waals surface area contributed by atoms with Crippen LogP contribution in [0.3, 0.4) is 0 Å². The highest BCUT2D eigenvalue weighted by Gasteiger charge is 2.46. The van der Waals surface area contributed by atoms with Gasteiger partial charge in [0.1, 0.15) is 15.5 Å². The summed E-state index contributed by atoms with van der Waals surface area (Å²) < 4.78 is 0. The number of hydrogen-bond donors (Lipinski definition) is 3. The van der Waals surface area contributed by atoms with Crippen molar-refractivity contribution in [2.45, 2.75) is 51.6 Å². The highest BCUT2D eigenvalue weighted by Crippen LogP contribution is 2.43. The van der Waals surface area contributed by atoms with Crippen LogP contribution in [0.25, 0.3) is 10.2 Å². The Morgan fingerprint density at radius 1 is 1.28 bits per heavy atom. The van der Waals surface area contributed by atoms with Crippen molar-refractivity contribution in [3.05, 3.63) is 58.7 Å². The second kappa shape index (κ2) is 8.85. The van der Waals surface area contributed by atoms with E-state index in [2.05, 4.69) is 52.2 Å². The van der Waals surface area contributed by atoms with E-state index in [9.17, 15) is 4.79 Å². The molecule has 2 saturated heterocycles. The average Bonchev–Trinajstić information content (AvgIpc) is 3.19. The number of carbonyl (C=O) groups excluding carboxylic acids is 1. The summed E-state index contributed by atoms with van der Waals surface area (Å²) in [5, 5.41) is 7.79. The Balaban J connectivity index is 1.15. The smallest absolute Gasteiger partial charge is 0.263 e. The number of fused-ring (bicyclic) bond motifs is 4. The van der Waals surface area contributed by atoms with Crippen LogP contribution in [0.5, 0.6) is 0 Å². The van der Waals surface area contributed by atoms with E-state index in [1.54, 1.807) is 0 Å². The molecule has 36 heavy (non-hydrogen) atoms. The second-order valence-corrected chi connectivity index (χ2v) is 11.8. The van der Waals surface area contributed by atoms with E-state index in [1.807, 2.05) is 19.1 Å². The number of amides is 1. The van der Waals surface area contributed by atoms with Crippen LogP contribution in [0, 0.1) is 18.3 Å². The number of nitrogen functional groups attached to an aromatic ring is 1. The molecule has 2 aliphatic heterocycles. The molecule has 3 aromatic heterocycles. The molecule has 0 saturated carbocycles. The summed E-state index contributed by atoms with van der Waals surface area (Å²) in [6, 6.07) is 8.72. The standard InChI is InChI=1S/C28H34N6OS/c1-4-28(3)18-11-12-30-22(28)15-34(14-18)23-10-6-17-13-19(7-9-21(17)33-23)32-26(35)25-24(29)20-8-5-16(2)31-27(20)36-25/h4-6,8,10,18-19,22,30H,1,7,9,11-15,29H2,2-3H3,(H,32,35)/t18?,19-,22-,28+/m0/s1. The minimum atomic E-state index is -0.108. The molecule has 3 aromatic rings. The number of hydrogen-bond acceptors (Lipinski definition) is 7. The number of nitrogens with two attached hydrogens (primary N) is 1. The van der Waals surface area contributed by atoms with Crippen molar-refractivity contribution >= 4 is 39.0 Å². The summed E-state index contributed by atoms with van der Waals surface area (Å²) in [5.41, 5.74) is 10.3. The van der Waals surface area contributed by atoms with Crippen molar-refractivity contribution in [3.63, 3.8) is 0 Å². The number of nitrogens with zero attached hydrogens (tertiary/aromatic N) is 3. The number of rotatable bonds is 4. The number of carbonyl (C=O) groups is 1. The monoisotopic (exact) mass is 502 g/mol. The molecule has 0 spiro atoms. The largest absolute Gasteiger partial charge is 0.397 e. The molecular formula is C28H34N6OS. The molecule has 0 aromatic carbocycles. The summed E-state index contributed by atoms with van der Waals surface area (Å²) in [6.45, 7) is 11.5. The van der Waals surface area contributed by atoms with Gasteiger partial charge in [0.05, 0.1) is 5.69 Å². The molecule has 7 nitrogen and oxygen atoms in total. The quantitative estimate of drug-likeness (QED) is 0.469. The highest BCUT2D eigenvalue weighted by molar-refractivity contribution is 7.21. The van der Waals surface area contributed by atoms with Crippen LogP contribution in [0.4, 0.5) is 11.5 Å². The zero-order chi connectivity index (χ0) is 25.0. The fourth-order valence-corrected chi connectivity index (χ4v) is 7.30. The first kappa shape index (κ1) is 23.4. The van der Waals surface area contributed by atoms with Crippen molar-refractivity contribution in [1.82, 2.24) is 20.6 Å². The van der Waals surface area contributed by atoms with Gasteiger partial charge in [0, 0.05) is 47.4 Å². The Morgan fingerprint density at radius 3 is 2.94 bits per heavy atom. The predicted molar refractivity (Wildman–Crippen MR) is 147 cm³/mol. The van der Waals surface area contributed by atoms with E-state index in [1.165, 1.54) is 23.3 Å². The minimum absolute atomic E-state index is 0.0730. The molecule has 5 heterocycles. The van der Waals surface area contributed by atoms with Crippen molar-refractivity contribution in [1.29, 1.82) is 0 Å². The molecule has 2 fully saturated rings. The molecule has 3 aliphatic rings. The van der Waals surface area contributed by atoms with E-state index in [0.29, 0.717) is 22.5 Å². The van der Waals surface area contributed by atoms with Crippen LogP contribution in [0.1, 0.15) is 46.4 Å². The highest BCUT2D eigenvalue weighted by atomic mass is 32.1. The van der Waals surface area contributed by atoms with Gasteiger partial charge in [0.2, 0.25) is 0 Å². The fraction of sp³-hybridized carbons (Fsp3) is 0.464.